The molecule has 5 nitrogen and oxygen atoms in total. The molecule has 1 aliphatic heterocycles. The van der Waals surface area contributed by atoms with Crippen molar-refractivity contribution in [3.05, 3.63) is 29.3 Å². The number of aliphatic carboxylic acids is 1. The number of amides is 1. The topological polar surface area (TPSA) is 75.6 Å². The standard InChI is InChI=1S/C15H19NO4/c1-15(2,3)12(14(18)19)16-13(17)10-4-5-11-9(8-10)6-7-20-11/h4-5,8,12H,6-7H2,1-3H3,(H,16,17)(H,18,19). The number of carbonyl (C=O) groups excluding carboxylic acids is 1. The van der Waals surface area contributed by atoms with Gasteiger partial charge < -0.3 is 15.2 Å². The van der Waals surface area contributed by atoms with Crippen molar-refractivity contribution < 1.29 is 19.4 Å². The fourth-order valence-electron chi connectivity index (χ4n) is 2.19. The molecule has 0 radical (unpaired) electrons. The van der Waals surface area contributed by atoms with Crippen LogP contribution < -0.4 is 10.1 Å². The van der Waals surface area contributed by atoms with Gasteiger partial charge >= 0.3 is 5.97 Å². The first-order valence-electron chi connectivity index (χ1n) is 6.58. The number of carboxylic acids is 1. The van der Waals surface area contributed by atoms with Gasteiger partial charge in [0.25, 0.3) is 5.91 Å². The lowest BCUT2D eigenvalue weighted by atomic mass is 9.86. The number of nitrogens with one attached hydrogen (secondary N) is 1. The van der Waals surface area contributed by atoms with E-state index in [1.165, 1.54) is 0 Å². The Kier molecular flexibility index (Phi) is 3.70. The summed E-state index contributed by atoms with van der Waals surface area (Å²) in [6.45, 7) is 5.97. The SMILES string of the molecule is CC(C)(C)C(NC(=O)c1ccc2c(c1)CCO2)C(=O)O. The number of hydrogen-bond acceptors (Lipinski definition) is 3. The number of fused-ring (bicyclic) bond motifs is 1. The van der Waals surface area contributed by atoms with Crippen molar-refractivity contribution in [3.8, 4) is 5.75 Å². The fraction of sp³-hybridized carbons (Fsp3) is 0.467. The predicted molar refractivity (Wildman–Crippen MR) is 74.0 cm³/mol. The molecule has 1 aromatic rings. The Hall–Kier alpha value is -2.04. The van der Waals surface area contributed by atoms with Gasteiger partial charge in [-0.25, -0.2) is 4.79 Å². The molecule has 1 unspecified atom stereocenters. The van der Waals surface area contributed by atoms with Crippen molar-refractivity contribution in [2.24, 2.45) is 5.41 Å². The van der Waals surface area contributed by atoms with Crippen molar-refractivity contribution >= 4 is 11.9 Å². The van der Waals surface area contributed by atoms with Crippen LogP contribution in [0.3, 0.4) is 0 Å². The Morgan fingerprint density at radius 3 is 2.65 bits per heavy atom. The van der Waals surface area contributed by atoms with E-state index in [2.05, 4.69) is 5.32 Å². The first-order valence-corrected chi connectivity index (χ1v) is 6.58. The summed E-state index contributed by atoms with van der Waals surface area (Å²) in [5.41, 5.74) is 0.895. The van der Waals surface area contributed by atoms with E-state index in [-0.39, 0.29) is 5.91 Å². The minimum atomic E-state index is -1.03. The molecule has 5 heteroatoms. The Morgan fingerprint density at radius 2 is 2.05 bits per heavy atom. The Labute approximate surface area is 117 Å². The van der Waals surface area contributed by atoms with Gasteiger partial charge in [0.05, 0.1) is 6.61 Å². The van der Waals surface area contributed by atoms with Gasteiger partial charge in [0.15, 0.2) is 0 Å². The number of carboxylic acid groups (broad SMARTS) is 1. The highest BCUT2D eigenvalue weighted by atomic mass is 16.5. The third kappa shape index (κ3) is 2.92. The van der Waals surface area contributed by atoms with Gasteiger partial charge in [-0.05, 0) is 29.2 Å². The molecule has 0 aliphatic carbocycles. The second-order valence-electron chi connectivity index (χ2n) is 6.03. The summed E-state index contributed by atoms with van der Waals surface area (Å²) in [6, 6.07) is 4.24. The molecule has 0 saturated carbocycles. The molecular weight excluding hydrogens is 258 g/mol. The molecule has 1 aromatic carbocycles. The monoisotopic (exact) mass is 277 g/mol. The lowest BCUT2D eigenvalue weighted by Gasteiger charge is -2.27. The smallest absolute Gasteiger partial charge is 0.326 e. The Bertz CT molecular complexity index is 545. The zero-order chi connectivity index (χ0) is 14.9. The number of rotatable bonds is 3. The summed E-state index contributed by atoms with van der Waals surface area (Å²) < 4.78 is 5.38. The van der Waals surface area contributed by atoms with Crippen LogP contribution in [0.25, 0.3) is 0 Å². The van der Waals surface area contributed by atoms with Crippen LogP contribution in [0, 0.1) is 5.41 Å². The summed E-state index contributed by atoms with van der Waals surface area (Å²) >= 11 is 0. The van der Waals surface area contributed by atoms with Crippen molar-refractivity contribution in [2.45, 2.75) is 33.2 Å². The van der Waals surface area contributed by atoms with Crippen LogP contribution in [0.2, 0.25) is 0 Å². The highest BCUT2D eigenvalue weighted by Gasteiger charge is 2.33. The zero-order valence-corrected chi connectivity index (χ0v) is 11.9. The van der Waals surface area contributed by atoms with Gasteiger partial charge in [-0.2, -0.15) is 0 Å². The molecule has 1 atom stereocenters. The van der Waals surface area contributed by atoms with E-state index < -0.39 is 17.4 Å². The molecule has 0 fully saturated rings. The molecule has 0 saturated heterocycles. The number of benzene rings is 1. The molecule has 0 spiro atoms. The van der Waals surface area contributed by atoms with Crippen molar-refractivity contribution in [1.82, 2.24) is 5.32 Å². The highest BCUT2D eigenvalue weighted by Crippen LogP contribution is 2.26. The quantitative estimate of drug-likeness (QED) is 0.884. The van der Waals surface area contributed by atoms with Gasteiger partial charge in [0.2, 0.25) is 0 Å². The van der Waals surface area contributed by atoms with E-state index in [9.17, 15) is 14.7 Å². The molecular formula is C15H19NO4. The Morgan fingerprint density at radius 1 is 1.35 bits per heavy atom. The summed E-state index contributed by atoms with van der Waals surface area (Å²) in [5.74, 6) is -0.607. The van der Waals surface area contributed by atoms with E-state index in [4.69, 9.17) is 4.74 Å². The molecule has 1 aliphatic rings. The highest BCUT2D eigenvalue weighted by molar-refractivity contribution is 5.97. The molecule has 1 heterocycles. The van der Waals surface area contributed by atoms with E-state index in [1.807, 2.05) is 0 Å². The van der Waals surface area contributed by atoms with Crippen LogP contribution in [0.15, 0.2) is 18.2 Å². The summed E-state index contributed by atoms with van der Waals surface area (Å²) in [4.78, 5) is 23.5. The van der Waals surface area contributed by atoms with Crippen LogP contribution in [0.1, 0.15) is 36.7 Å². The molecule has 108 valence electrons. The maximum Gasteiger partial charge on any atom is 0.326 e. The summed E-state index contributed by atoms with van der Waals surface area (Å²) in [6.07, 6.45) is 0.776. The Balaban J connectivity index is 2.17. The minimum absolute atomic E-state index is 0.373. The van der Waals surface area contributed by atoms with Gasteiger partial charge in [0.1, 0.15) is 11.8 Å². The maximum atomic E-state index is 12.2. The average Bonchev–Trinajstić information content (AvgIpc) is 2.80. The van der Waals surface area contributed by atoms with Crippen molar-refractivity contribution in [1.29, 1.82) is 0 Å². The third-order valence-electron chi connectivity index (χ3n) is 3.34. The zero-order valence-electron chi connectivity index (χ0n) is 11.9. The van der Waals surface area contributed by atoms with Gasteiger partial charge in [0, 0.05) is 12.0 Å². The first-order chi connectivity index (χ1) is 9.29. The summed E-state index contributed by atoms with van der Waals surface area (Å²) in [7, 11) is 0. The largest absolute Gasteiger partial charge is 0.493 e. The second-order valence-corrected chi connectivity index (χ2v) is 6.03. The van der Waals surface area contributed by atoms with Crippen LogP contribution in [0.5, 0.6) is 5.75 Å². The van der Waals surface area contributed by atoms with Crippen molar-refractivity contribution in [2.75, 3.05) is 6.61 Å². The van der Waals surface area contributed by atoms with Crippen LogP contribution in [-0.2, 0) is 11.2 Å². The van der Waals surface area contributed by atoms with Gasteiger partial charge in [-0.15, -0.1) is 0 Å². The number of carbonyl (C=O) groups is 2. The minimum Gasteiger partial charge on any atom is -0.493 e. The lowest BCUT2D eigenvalue weighted by molar-refractivity contribution is -0.142. The molecule has 1 amide bonds. The molecule has 20 heavy (non-hydrogen) atoms. The summed E-state index contributed by atoms with van der Waals surface area (Å²) in [5, 5.41) is 11.8. The lowest BCUT2D eigenvalue weighted by Crippen LogP contribution is -2.49. The van der Waals surface area contributed by atoms with E-state index >= 15 is 0 Å². The van der Waals surface area contributed by atoms with Gasteiger partial charge in [-0.3, -0.25) is 4.79 Å². The average molecular weight is 277 g/mol. The fourth-order valence-corrected chi connectivity index (χ4v) is 2.19. The second kappa shape index (κ2) is 5.15. The van der Waals surface area contributed by atoms with Gasteiger partial charge in [-0.1, -0.05) is 20.8 Å². The number of ether oxygens (including phenoxy) is 1. The molecule has 2 N–H and O–H groups in total. The number of hydrogen-bond donors (Lipinski definition) is 2. The third-order valence-corrected chi connectivity index (χ3v) is 3.34. The normalized spacial score (nSPS) is 15.2. The van der Waals surface area contributed by atoms with Crippen LogP contribution in [-0.4, -0.2) is 29.6 Å². The molecule has 0 bridgehead atoms. The van der Waals surface area contributed by atoms with E-state index in [1.54, 1.807) is 39.0 Å². The van der Waals surface area contributed by atoms with E-state index in [0.29, 0.717) is 12.2 Å². The van der Waals surface area contributed by atoms with Crippen LogP contribution in [0.4, 0.5) is 0 Å². The van der Waals surface area contributed by atoms with E-state index in [0.717, 1.165) is 17.7 Å². The van der Waals surface area contributed by atoms with Crippen molar-refractivity contribution in [3.63, 3.8) is 0 Å². The molecule has 2 rings (SSSR count). The molecule has 0 aromatic heterocycles. The van der Waals surface area contributed by atoms with Crippen LogP contribution >= 0.6 is 0 Å². The maximum absolute atomic E-state index is 12.2. The predicted octanol–water partition coefficient (Wildman–Crippen LogP) is 1.85. The first kappa shape index (κ1) is 14.4.